The molecule has 0 aliphatic rings. The first-order valence-electron chi connectivity index (χ1n) is 7.83. The molecule has 0 saturated heterocycles. The Morgan fingerprint density at radius 1 is 1.27 bits per heavy atom. The first-order chi connectivity index (χ1) is 10.6. The van der Waals surface area contributed by atoms with Crippen LogP contribution in [0.5, 0.6) is 0 Å². The highest BCUT2D eigenvalue weighted by Gasteiger charge is 2.14. The largest absolute Gasteiger partial charge is 0.345 e. The van der Waals surface area contributed by atoms with Gasteiger partial charge >= 0.3 is 0 Å². The highest BCUT2D eigenvalue weighted by atomic mass is 32.1. The summed E-state index contributed by atoms with van der Waals surface area (Å²) < 4.78 is 0. The summed E-state index contributed by atoms with van der Waals surface area (Å²) in [6, 6.07) is 10.3. The van der Waals surface area contributed by atoms with Gasteiger partial charge in [-0.05, 0) is 18.9 Å². The summed E-state index contributed by atoms with van der Waals surface area (Å²) in [5.74, 6) is 0.187. The predicted octanol–water partition coefficient (Wildman–Crippen LogP) is 3.84. The number of hydrogen-bond acceptors (Lipinski definition) is 3. The van der Waals surface area contributed by atoms with E-state index in [0.29, 0.717) is 6.42 Å². The third-order valence-electron chi connectivity index (χ3n) is 3.72. The van der Waals surface area contributed by atoms with Gasteiger partial charge < -0.3 is 4.90 Å². The number of rotatable bonds is 7. The number of carbonyl (C=O) groups is 1. The second-order valence-corrected chi connectivity index (χ2v) is 6.79. The summed E-state index contributed by atoms with van der Waals surface area (Å²) >= 11 is 1.67. The standard InChI is InChI=1S/C18H24N2OS/c1-4-5-11-20(3)18(21)13-16-14(2)19-17(22-16)12-15-9-7-6-8-10-15/h6-10H,4-5,11-13H2,1-3H3. The molecule has 1 heterocycles. The van der Waals surface area contributed by atoms with Gasteiger partial charge in [0.25, 0.3) is 0 Å². The maximum Gasteiger partial charge on any atom is 0.227 e. The van der Waals surface area contributed by atoms with Gasteiger partial charge in [0.15, 0.2) is 0 Å². The van der Waals surface area contributed by atoms with Crippen LogP contribution in [0.3, 0.4) is 0 Å². The number of benzene rings is 1. The molecule has 0 N–H and O–H groups in total. The van der Waals surface area contributed by atoms with Crippen molar-refractivity contribution in [3.63, 3.8) is 0 Å². The smallest absolute Gasteiger partial charge is 0.227 e. The summed E-state index contributed by atoms with van der Waals surface area (Å²) in [5.41, 5.74) is 2.25. The van der Waals surface area contributed by atoms with E-state index in [4.69, 9.17) is 0 Å². The van der Waals surface area contributed by atoms with E-state index < -0.39 is 0 Å². The van der Waals surface area contributed by atoms with Crippen molar-refractivity contribution >= 4 is 17.2 Å². The van der Waals surface area contributed by atoms with Gasteiger partial charge in [-0.15, -0.1) is 11.3 Å². The molecule has 0 unspecified atom stereocenters. The predicted molar refractivity (Wildman–Crippen MR) is 92.3 cm³/mol. The first-order valence-corrected chi connectivity index (χ1v) is 8.65. The van der Waals surface area contributed by atoms with E-state index in [-0.39, 0.29) is 5.91 Å². The third kappa shape index (κ3) is 4.67. The molecular formula is C18H24N2OS. The fraction of sp³-hybridized carbons (Fsp3) is 0.444. The molecule has 0 radical (unpaired) electrons. The molecule has 2 aromatic rings. The molecule has 1 aromatic heterocycles. The summed E-state index contributed by atoms with van der Waals surface area (Å²) in [6.07, 6.45) is 3.48. The summed E-state index contributed by atoms with van der Waals surface area (Å²) in [5, 5.41) is 1.09. The molecule has 2 rings (SSSR count). The molecule has 0 fully saturated rings. The quantitative estimate of drug-likeness (QED) is 0.777. The summed E-state index contributed by atoms with van der Waals surface area (Å²) in [7, 11) is 1.89. The Bertz CT molecular complexity index is 607. The van der Waals surface area contributed by atoms with Crippen molar-refractivity contribution in [2.45, 2.75) is 39.5 Å². The van der Waals surface area contributed by atoms with Crippen molar-refractivity contribution < 1.29 is 4.79 Å². The lowest BCUT2D eigenvalue weighted by Gasteiger charge is -2.16. The third-order valence-corrected chi connectivity index (χ3v) is 4.88. The van der Waals surface area contributed by atoms with Gasteiger partial charge in [0.2, 0.25) is 5.91 Å². The number of thiazole rings is 1. The van der Waals surface area contributed by atoms with E-state index in [2.05, 4.69) is 24.0 Å². The maximum absolute atomic E-state index is 12.2. The number of unbranched alkanes of at least 4 members (excludes halogenated alkanes) is 1. The molecule has 4 heteroatoms. The molecule has 0 aliphatic carbocycles. The minimum atomic E-state index is 0.187. The highest BCUT2D eigenvalue weighted by Crippen LogP contribution is 2.22. The number of carbonyl (C=O) groups excluding carboxylic acids is 1. The molecule has 118 valence electrons. The van der Waals surface area contributed by atoms with Crippen molar-refractivity contribution in [1.29, 1.82) is 0 Å². The summed E-state index contributed by atoms with van der Waals surface area (Å²) in [6.45, 7) is 4.98. The van der Waals surface area contributed by atoms with Gasteiger partial charge in [-0.1, -0.05) is 43.7 Å². The average molecular weight is 316 g/mol. The maximum atomic E-state index is 12.2. The van der Waals surface area contributed by atoms with E-state index >= 15 is 0 Å². The Morgan fingerprint density at radius 2 is 2.00 bits per heavy atom. The number of amides is 1. The zero-order valence-corrected chi connectivity index (χ0v) is 14.4. The van der Waals surface area contributed by atoms with E-state index in [0.717, 1.165) is 41.4 Å². The van der Waals surface area contributed by atoms with Gasteiger partial charge in [0.1, 0.15) is 0 Å². The van der Waals surface area contributed by atoms with Crippen molar-refractivity contribution in [1.82, 2.24) is 9.88 Å². The molecule has 0 aliphatic heterocycles. The van der Waals surface area contributed by atoms with Crippen LogP contribution in [0.2, 0.25) is 0 Å². The van der Waals surface area contributed by atoms with Gasteiger partial charge in [0, 0.05) is 24.9 Å². The van der Waals surface area contributed by atoms with E-state index in [1.54, 1.807) is 11.3 Å². The molecule has 3 nitrogen and oxygen atoms in total. The van der Waals surface area contributed by atoms with Crippen LogP contribution in [0.4, 0.5) is 0 Å². The minimum absolute atomic E-state index is 0.187. The van der Waals surface area contributed by atoms with E-state index in [9.17, 15) is 4.79 Å². The van der Waals surface area contributed by atoms with Crippen molar-refractivity contribution in [3.8, 4) is 0 Å². The normalized spacial score (nSPS) is 10.7. The second kappa shape index (κ2) is 8.08. The Labute approximate surface area is 137 Å². The van der Waals surface area contributed by atoms with Gasteiger partial charge in [-0.2, -0.15) is 0 Å². The van der Waals surface area contributed by atoms with Crippen LogP contribution < -0.4 is 0 Å². The lowest BCUT2D eigenvalue weighted by atomic mass is 10.2. The SMILES string of the molecule is CCCCN(C)C(=O)Cc1sc(Cc2ccccc2)nc1C. The Morgan fingerprint density at radius 3 is 2.68 bits per heavy atom. The van der Waals surface area contributed by atoms with Crippen molar-refractivity contribution in [2.75, 3.05) is 13.6 Å². The topological polar surface area (TPSA) is 33.2 Å². The van der Waals surface area contributed by atoms with Crippen LogP contribution in [0, 0.1) is 6.92 Å². The number of aromatic nitrogens is 1. The zero-order chi connectivity index (χ0) is 15.9. The number of aryl methyl sites for hydroxylation is 1. The van der Waals surface area contributed by atoms with Crippen LogP contribution in [-0.4, -0.2) is 29.4 Å². The molecule has 1 aromatic carbocycles. The van der Waals surface area contributed by atoms with E-state index in [1.165, 1.54) is 5.56 Å². The number of hydrogen-bond donors (Lipinski definition) is 0. The van der Waals surface area contributed by atoms with Crippen LogP contribution in [-0.2, 0) is 17.6 Å². The lowest BCUT2D eigenvalue weighted by Crippen LogP contribution is -2.29. The monoisotopic (exact) mass is 316 g/mol. The fourth-order valence-electron chi connectivity index (χ4n) is 2.29. The second-order valence-electron chi connectivity index (χ2n) is 5.62. The fourth-order valence-corrected chi connectivity index (χ4v) is 3.39. The van der Waals surface area contributed by atoms with Gasteiger partial charge in [-0.25, -0.2) is 4.98 Å². The Kier molecular flexibility index (Phi) is 6.13. The molecule has 0 saturated carbocycles. The van der Waals surface area contributed by atoms with Crippen LogP contribution in [0.25, 0.3) is 0 Å². The van der Waals surface area contributed by atoms with Crippen LogP contribution >= 0.6 is 11.3 Å². The average Bonchev–Trinajstić information content (AvgIpc) is 2.85. The van der Waals surface area contributed by atoms with E-state index in [1.807, 2.05) is 37.1 Å². The van der Waals surface area contributed by atoms with Crippen molar-refractivity contribution in [2.24, 2.45) is 0 Å². The first kappa shape index (κ1) is 16.7. The Balaban J connectivity index is 1.99. The molecule has 0 spiro atoms. The number of nitrogens with zero attached hydrogens (tertiary/aromatic N) is 2. The highest BCUT2D eigenvalue weighted by molar-refractivity contribution is 7.11. The lowest BCUT2D eigenvalue weighted by molar-refractivity contribution is -0.129. The minimum Gasteiger partial charge on any atom is -0.345 e. The molecule has 22 heavy (non-hydrogen) atoms. The number of likely N-dealkylation sites (N-methyl/N-ethyl adjacent to an activating group) is 1. The molecule has 0 bridgehead atoms. The Hall–Kier alpha value is -1.68. The van der Waals surface area contributed by atoms with Gasteiger partial charge in [0.05, 0.1) is 17.1 Å². The van der Waals surface area contributed by atoms with Gasteiger partial charge in [-0.3, -0.25) is 4.79 Å². The van der Waals surface area contributed by atoms with Crippen molar-refractivity contribution in [3.05, 3.63) is 51.5 Å². The zero-order valence-electron chi connectivity index (χ0n) is 13.6. The molecule has 1 amide bonds. The van der Waals surface area contributed by atoms with Crippen LogP contribution in [0.15, 0.2) is 30.3 Å². The van der Waals surface area contributed by atoms with Crippen LogP contribution in [0.1, 0.15) is 40.9 Å². The molecule has 0 atom stereocenters. The molecular weight excluding hydrogens is 292 g/mol. The summed E-state index contributed by atoms with van der Waals surface area (Å²) in [4.78, 5) is 19.8.